The zero-order valence-electron chi connectivity index (χ0n) is 15.0. The van der Waals surface area contributed by atoms with Crippen LogP contribution in [0.1, 0.15) is 10.4 Å². The molecule has 6 nitrogen and oxygen atoms in total. The predicted molar refractivity (Wildman–Crippen MR) is 106 cm³/mol. The minimum atomic E-state index is -0.182. The molecule has 136 valence electrons. The van der Waals surface area contributed by atoms with Crippen LogP contribution >= 0.6 is 11.3 Å². The molecule has 0 aliphatic carbocycles. The second-order valence-corrected chi connectivity index (χ2v) is 6.72. The van der Waals surface area contributed by atoms with Crippen molar-refractivity contribution in [2.24, 2.45) is 0 Å². The molecule has 0 aliphatic rings. The van der Waals surface area contributed by atoms with Crippen molar-refractivity contribution in [1.29, 1.82) is 0 Å². The van der Waals surface area contributed by atoms with Gasteiger partial charge in [0.2, 0.25) is 0 Å². The zero-order chi connectivity index (χ0) is 18.5. The number of aromatic nitrogens is 1. The van der Waals surface area contributed by atoms with Crippen LogP contribution in [0.25, 0.3) is 10.2 Å². The number of methoxy groups -OCH3 is 2. The first kappa shape index (κ1) is 18.2. The lowest BCUT2D eigenvalue weighted by atomic mass is 10.2. The summed E-state index contributed by atoms with van der Waals surface area (Å²) >= 11 is 1.43. The minimum Gasteiger partial charge on any atom is -0.494 e. The van der Waals surface area contributed by atoms with Crippen LogP contribution in [-0.2, 0) is 4.74 Å². The van der Waals surface area contributed by atoms with E-state index in [9.17, 15) is 4.79 Å². The molecule has 2 aromatic carbocycles. The molecule has 0 fully saturated rings. The molecule has 0 atom stereocenters. The lowest BCUT2D eigenvalue weighted by Gasteiger charge is -2.19. The average Bonchev–Trinajstić information content (AvgIpc) is 3.09. The maximum atomic E-state index is 12.4. The second kappa shape index (κ2) is 8.16. The number of anilines is 2. The summed E-state index contributed by atoms with van der Waals surface area (Å²) in [4.78, 5) is 19.1. The third-order valence-electron chi connectivity index (χ3n) is 4.00. The molecule has 7 heteroatoms. The minimum absolute atomic E-state index is 0.182. The summed E-state index contributed by atoms with van der Waals surface area (Å²) in [5.74, 6) is 0.498. The van der Waals surface area contributed by atoms with E-state index in [1.807, 2.05) is 37.4 Å². The number of thiazole rings is 1. The van der Waals surface area contributed by atoms with Crippen LogP contribution in [0.3, 0.4) is 0 Å². The Morgan fingerprint density at radius 2 is 1.96 bits per heavy atom. The van der Waals surface area contributed by atoms with E-state index in [-0.39, 0.29) is 5.91 Å². The lowest BCUT2D eigenvalue weighted by molar-refractivity contribution is 0.102. The third kappa shape index (κ3) is 3.79. The van der Waals surface area contributed by atoms with Gasteiger partial charge in [-0.2, -0.15) is 0 Å². The van der Waals surface area contributed by atoms with Gasteiger partial charge in [-0.15, -0.1) is 0 Å². The van der Waals surface area contributed by atoms with Crippen molar-refractivity contribution in [2.75, 3.05) is 44.6 Å². The number of hydrogen-bond acceptors (Lipinski definition) is 6. The highest BCUT2D eigenvalue weighted by Crippen LogP contribution is 2.39. The Kier molecular flexibility index (Phi) is 5.70. The van der Waals surface area contributed by atoms with Gasteiger partial charge in [0.15, 0.2) is 5.13 Å². The Labute approximate surface area is 156 Å². The van der Waals surface area contributed by atoms with Crippen molar-refractivity contribution in [3.63, 3.8) is 0 Å². The molecule has 1 aromatic heterocycles. The number of nitrogens with one attached hydrogen (secondary N) is 1. The van der Waals surface area contributed by atoms with Gasteiger partial charge in [-0.3, -0.25) is 10.1 Å². The fourth-order valence-electron chi connectivity index (χ4n) is 2.60. The first-order chi connectivity index (χ1) is 12.6. The molecule has 1 amide bonds. The van der Waals surface area contributed by atoms with E-state index in [4.69, 9.17) is 9.47 Å². The highest BCUT2D eigenvalue weighted by Gasteiger charge is 2.17. The van der Waals surface area contributed by atoms with Crippen LogP contribution < -0.4 is 15.0 Å². The van der Waals surface area contributed by atoms with Crippen molar-refractivity contribution in [3.05, 3.63) is 48.0 Å². The number of amides is 1. The first-order valence-corrected chi connectivity index (χ1v) is 8.99. The fraction of sp³-hybridized carbons (Fsp3) is 0.263. The van der Waals surface area contributed by atoms with E-state index in [1.54, 1.807) is 26.4 Å². The van der Waals surface area contributed by atoms with Gasteiger partial charge < -0.3 is 14.4 Å². The Morgan fingerprint density at radius 1 is 1.19 bits per heavy atom. The number of nitrogens with zero attached hydrogens (tertiary/aromatic N) is 2. The normalized spacial score (nSPS) is 10.7. The number of rotatable bonds is 7. The van der Waals surface area contributed by atoms with Crippen molar-refractivity contribution in [2.45, 2.75) is 0 Å². The molecule has 3 rings (SSSR count). The standard InChI is InChI=1S/C19H21N3O3S/c1-22(11-12-24-2)14-9-10-15(25-3)16-17(14)26-19(20-16)21-18(23)13-7-5-4-6-8-13/h4-10H,11-12H2,1-3H3,(H,20,21,23). The number of fused-ring (bicyclic) bond motifs is 1. The summed E-state index contributed by atoms with van der Waals surface area (Å²) in [7, 11) is 5.30. The van der Waals surface area contributed by atoms with Gasteiger partial charge in [-0.05, 0) is 24.3 Å². The van der Waals surface area contributed by atoms with Gasteiger partial charge in [-0.25, -0.2) is 4.98 Å². The van der Waals surface area contributed by atoms with E-state index >= 15 is 0 Å². The van der Waals surface area contributed by atoms with Crippen LogP contribution in [0, 0.1) is 0 Å². The largest absolute Gasteiger partial charge is 0.494 e. The summed E-state index contributed by atoms with van der Waals surface area (Å²) in [6, 6.07) is 13.0. The SMILES string of the molecule is COCCN(C)c1ccc(OC)c2nc(NC(=O)c3ccccc3)sc12. The smallest absolute Gasteiger partial charge is 0.257 e. The number of likely N-dealkylation sites (N-methyl/N-ethyl adjacent to an activating group) is 1. The van der Waals surface area contributed by atoms with Gasteiger partial charge in [0, 0.05) is 26.3 Å². The van der Waals surface area contributed by atoms with Crippen LogP contribution in [0.5, 0.6) is 5.75 Å². The number of carbonyl (C=O) groups is 1. The summed E-state index contributed by atoms with van der Waals surface area (Å²) in [6.45, 7) is 1.38. The second-order valence-electron chi connectivity index (χ2n) is 5.72. The van der Waals surface area contributed by atoms with Crippen LogP contribution in [-0.4, -0.2) is 45.3 Å². The summed E-state index contributed by atoms with van der Waals surface area (Å²) < 4.78 is 11.6. The first-order valence-electron chi connectivity index (χ1n) is 8.18. The predicted octanol–water partition coefficient (Wildman–Crippen LogP) is 3.64. The summed E-state index contributed by atoms with van der Waals surface area (Å²) in [6.07, 6.45) is 0. The van der Waals surface area contributed by atoms with Crippen LogP contribution in [0.15, 0.2) is 42.5 Å². The van der Waals surface area contributed by atoms with Gasteiger partial charge in [0.1, 0.15) is 11.3 Å². The van der Waals surface area contributed by atoms with E-state index in [0.29, 0.717) is 23.1 Å². The number of benzene rings is 2. The molecular formula is C19H21N3O3S. The summed E-state index contributed by atoms with van der Waals surface area (Å²) in [5, 5.41) is 3.42. The number of hydrogen-bond donors (Lipinski definition) is 1. The molecule has 1 heterocycles. The molecule has 3 aromatic rings. The third-order valence-corrected chi connectivity index (χ3v) is 5.00. The van der Waals surface area contributed by atoms with Gasteiger partial charge in [-0.1, -0.05) is 29.5 Å². The molecule has 1 N–H and O–H groups in total. The monoisotopic (exact) mass is 371 g/mol. The van der Waals surface area contributed by atoms with Crippen LogP contribution in [0.4, 0.5) is 10.8 Å². The molecule has 0 spiro atoms. The Bertz CT molecular complexity index is 896. The molecule has 26 heavy (non-hydrogen) atoms. The van der Waals surface area contributed by atoms with E-state index in [2.05, 4.69) is 15.2 Å². The molecule has 0 unspecified atom stereocenters. The van der Waals surface area contributed by atoms with Gasteiger partial charge in [0.05, 0.1) is 24.1 Å². The highest BCUT2D eigenvalue weighted by molar-refractivity contribution is 7.23. The Morgan fingerprint density at radius 3 is 2.65 bits per heavy atom. The number of ether oxygens (including phenoxy) is 2. The maximum absolute atomic E-state index is 12.4. The maximum Gasteiger partial charge on any atom is 0.257 e. The lowest BCUT2D eigenvalue weighted by Crippen LogP contribution is -2.22. The van der Waals surface area contributed by atoms with Gasteiger partial charge in [0.25, 0.3) is 5.91 Å². The molecule has 0 aliphatic heterocycles. The van der Waals surface area contributed by atoms with Crippen molar-refractivity contribution >= 4 is 38.3 Å². The van der Waals surface area contributed by atoms with Crippen molar-refractivity contribution in [1.82, 2.24) is 4.98 Å². The van der Waals surface area contributed by atoms with E-state index in [1.165, 1.54) is 11.3 Å². The molecule has 0 bridgehead atoms. The highest BCUT2D eigenvalue weighted by atomic mass is 32.1. The Balaban J connectivity index is 1.94. The Hall–Kier alpha value is -2.64. The molecule has 0 saturated carbocycles. The van der Waals surface area contributed by atoms with Crippen molar-refractivity contribution in [3.8, 4) is 5.75 Å². The van der Waals surface area contributed by atoms with E-state index < -0.39 is 0 Å². The summed E-state index contributed by atoms with van der Waals surface area (Å²) in [5.41, 5.74) is 2.36. The topological polar surface area (TPSA) is 63.7 Å². The molecule has 0 radical (unpaired) electrons. The fourth-order valence-corrected chi connectivity index (χ4v) is 3.64. The van der Waals surface area contributed by atoms with Crippen molar-refractivity contribution < 1.29 is 14.3 Å². The molecular weight excluding hydrogens is 350 g/mol. The quantitative estimate of drug-likeness (QED) is 0.687. The average molecular weight is 371 g/mol. The zero-order valence-corrected chi connectivity index (χ0v) is 15.8. The number of carbonyl (C=O) groups excluding carboxylic acids is 1. The molecule has 0 saturated heterocycles. The van der Waals surface area contributed by atoms with Crippen LogP contribution in [0.2, 0.25) is 0 Å². The van der Waals surface area contributed by atoms with E-state index in [0.717, 1.165) is 22.4 Å². The van der Waals surface area contributed by atoms with Gasteiger partial charge >= 0.3 is 0 Å².